The molecule has 0 fully saturated rings. The first-order valence-corrected chi connectivity index (χ1v) is 9.31. The highest BCUT2D eigenvalue weighted by atomic mass is 16.4. The summed E-state index contributed by atoms with van der Waals surface area (Å²) < 4.78 is 0. The number of aliphatic carboxylic acids is 1. The monoisotopic (exact) mass is 446 g/mol. The lowest BCUT2D eigenvalue weighted by atomic mass is 10.0. The van der Waals surface area contributed by atoms with Crippen molar-refractivity contribution >= 4 is 35.5 Å². The first-order valence-electron chi connectivity index (χ1n) is 9.31. The van der Waals surface area contributed by atoms with E-state index in [1.54, 1.807) is 13.8 Å². The Kier molecular flexibility index (Phi) is 11.1. The Morgan fingerprint density at radius 2 is 1.26 bits per heavy atom. The van der Waals surface area contributed by atoms with Gasteiger partial charge >= 0.3 is 5.97 Å². The molecule has 31 heavy (non-hydrogen) atoms. The van der Waals surface area contributed by atoms with Gasteiger partial charge in [0.05, 0.1) is 25.0 Å². The van der Waals surface area contributed by atoms with Crippen LogP contribution in [0.3, 0.4) is 0 Å². The van der Waals surface area contributed by atoms with Crippen LogP contribution >= 0.6 is 0 Å². The predicted octanol–water partition coefficient (Wildman–Crippen LogP) is -4.36. The van der Waals surface area contributed by atoms with Crippen LogP contribution in [0.5, 0.6) is 0 Å². The lowest BCUT2D eigenvalue weighted by Gasteiger charge is -2.27. The highest BCUT2D eigenvalue weighted by molar-refractivity contribution is 5.97. The van der Waals surface area contributed by atoms with Crippen molar-refractivity contribution in [2.75, 3.05) is 0 Å². The van der Waals surface area contributed by atoms with E-state index < -0.39 is 84.5 Å². The number of rotatable bonds is 13. The number of carbonyl (C=O) groups excluding carboxylic acids is 5. The third kappa shape index (κ3) is 9.86. The van der Waals surface area contributed by atoms with Crippen LogP contribution in [0.25, 0.3) is 0 Å². The van der Waals surface area contributed by atoms with Gasteiger partial charge in [-0.2, -0.15) is 0 Å². The number of hydrogen-bond donors (Lipinski definition) is 8. The van der Waals surface area contributed by atoms with Gasteiger partial charge in [-0.3, -0.25) is 24.0 Å². The van der Waals surface area contributed by atoms with E-state index in [-0.39, 0.29) is 0 Å². The van der Waals surface area contributed by atoms with Crippen LogP contribution in [-0.4, -0.2) is 76.0 Å². The lowest BCUT2D eigenvalue weighted by Crippen LogP contribution is -2.60. The van der Waals surface area contributed by atoms with Gasteiger partial charge in [0.1, 0.15) is 12.1 Å². The van der Waals surface area contributed by atoms with Gasteiger partial charge in [0.15, 0.2) is 6.04 Å². The number of carboxylic acid groups (broad SMARTS) is 1. The minimum absolute atomic E-state index is 0.510. The molecule has 0 spiro atoms. The van der Waals surface area contributed by atoms with Crippen LogP contribution in [0, 0.1) is 5.92 Å². The summed E-state index contributed by atoms with van der Waals surface area (Å²) in [6.45, 7) is 4.26. The van der Waals surface area contributed by atoms with Crippen molar-refractivity contribution in [2.24, 2.45) is 23.1 Å². The van der Waals surface area contributed by atoms with Gasteiger partial charge in [-0.15, -0.1) is 0 Å². The number of carboxylic acids is 1. The standard InChI is InChI=1S/C17H30N6O8/c1-6(2)12(16(29)23-13(7(3)24)17(30)31)22-15(28)9(5-11(20)26)21-14(27)8(18)4-10(19)25/h6-9,12-13,24H,4-5,18H2,1-3H3,(H2,19,25)(H2,20,26)(H,21,27)(H,22,28)(H,23,29)(H,30,31). The molecular formula is C17H30N6O8. The molecule has 5 atom stereocenters. The zero-order valence-corrected chi connectivity index (χ0v) is 17.5. The van der Waals surface area contributed by atoms with E-state index in [1.165, 1.54) is 0 Å². The number of amides is 5. The second-order valence-corrected chi connectivity index (χ2v) is 7.30. The fourth-order valence-corrected chi connectivity index (χ4v) is 2.42. The lowest BCUT2D eigenvalue weighted by molar-refractivity contribution is -0.145. The van der Waals surface area contributed by atoms with Gasteiger partial charge in [0.25, 0.3) is 0 Å². The number of hydrogen-bond acceptors (Lipinski definition) is 8. The summed E-state index contributed by atoms with van der Waals surface area (Å²) in [5.74, 6) is -6.68. The Morgan fingerprint density at radius 3 is 1.65 bits per heavy atom. The molecule has 0 aliphatic carbocycles. The maximum atomic E-state index is 12.6. The van der Waals surface area contributed by atoms with Crippen molar-refractivity contribution in [3.63, 3.8) is 0 Å². The second kappa shape index (κ2) is 12.4. The third-order valence-corrected chi connectivity index (χ3v) is 4.09. The van der Waals surface area contributed by atoms with Gasteiger partial charge in [-0.1, -0.05) is 13.8 Å². The minimum Gasteiger partial charge on any atom is -0.480 e. The molecule has 0 aliphatic heterocycles. The summed E-state index contributed by atoms with van der Waals surface area (Å²) in [5.41, 5.74) is 15.6. The Balaban J connectivity index is 5.46. The number of carbonyl (C=O) groups is 6. The molecule has 5 unspecified atom stereocenters. The SMILES string of the molecule is CC(C)C(NC(=O)C(CC(N)=O)NC(=O)C(N)CC(N)=O)C(=O)NC(C(=O)O)C(C)O. The molecule has 0 aliphatic rings. The Bertz CT molecular complexity index is 711. The highest BCUT2D eigenvalue weighted by Gasteiger charge is 2.33. The summed E-state index contributed by atoms with van der Waals surface area (Å²) in [4.78, 5) is 70.6. The second-order valence-electron chi connectivity index (χ2n) is 7.30. The van der Waals surface area contributed by atoms with Crippen molar-refractivity contribution in [3.05, 3.63) is 0 Å². The molecule has 0 saturated carbocycles. The molecule has 0 heterocycles. The summed E-state index contributed by atoms with van der Waals surface area (Å²) in [6.07, 6.45) is -2.57. The molecule has 0 aromatic carbocycles. The molecule has 5 amide bonds. The molecule has 0 aromatic rings. The number of nitrogens with two attached hydrogens (primary N) is 3. The first-order chi connectivity index (χ1) is 14.2. The van der Waals surface area contributed by atoms with E-state index in [2.05, 4.69) is 16.0 Å². The summed E-state index contributed by atoms with van der Waals surface area (Å²) >= 11 is 0. The molecule has 0 radical (unpaired) electrons. The van der Waals surface area contributed by atoms with E-state index in [9.17, 15) is 33.9 Å². The fraction of sp³-hybridized carbons (Fsp3) is 0.647. The number of aliphatic hydroxyl groups is 1. The van der Waals surface area contributed by atoms with Gasteiger partial charge in [0.2, 0.25) is 29.5 Å². The number of nitrogens with one attached hydrogen (secondary N) is 3. The Hall–Kier alpha value is -3.26. The molecule has 0 aromatic heterocycles. The van der Waals surface area contributed by atoms with E-state index in [1.807, 2.05) is 0 Å². The maximum absolute atomic E-state index is 12.6. The van der Waals surface area contributed by atoms with Gasteiger partial charge < -0.3 is 43.4 Å². The van der Waals surface area contributed by atoms with Crippen molar-refractivity contribution in [3.8, 4) is 0 Å². The molecule has 14 nitrogen and oxygen atoms in total. The maximum Gasteiger partial charge on any atom is 0.328 e. The first kappa shape index (κ1) is 27.7. The average molecular weight is 446 g/mol. The number of primary amides is 2. The van der Waals surface area contributed by atoms with Crippen LogP contribution in [-0.2, 0) is 28.8 Å². The van der Waals surface area contributed by atoms with E-state index in [0.717, 1.165) is 6.92 Å². The van der Waals surface area contributed by atoms with Gasteiger partial charge in [0, 0.05) is 0 Å². The largest absolute Gasteiger partial charge is 0.480 e. The smallest absolute Gasteiger partial charge is 0.328 e. The van der Waals surface area contributed by atoms with Gasteiger partial charge in [-0.05, 0) is 12.8 Å². The quantitative estimate of drug-likeness (QED) is 0.136. The molecule has 0 rings (SSSR count). The Labute approximate surface area is 178 Å². The highest BCUT2D eigenvalue weighted by Crippen LogP contribution is 2.06. The average Bonchev–Trinajstić information content (AvgIpc) is 2.61. The van der Waals surface area contributed by atoms with E-state index in [4.69, 9.17) is 22.3 Å². The van der Waals surface area contributed by atoms with Crippen molar-refractivity contribution in [1.82, 2.24) is 16.0 Å². The zero-order chi connectivity index (χ0) is 24.5. The van der Waals surface area contributed by atoms with E-state index >= 15 is 0 Å². The van der Waals surface area contributed by atoms with Crippen LogP contribution < -0.4 is 33.2 Å². The normalized spacial score (nSPS) is 15.7. The van der Waals surface area contributed by atoms with Crippen LogP contribution in [0.2, 0.25) is 0 Å². The van der Waals surface area contributed by atoms with Gasteiger partial charge in [-0.25, -0.2) is 4.79 Å². The number of aliphatic hydroxyl groups excluding tert-OH is 1. The van der Waals surface area contributed by atoms with Crippen LogP contribution in [0.4, 0.5) is 0 Å². The summed E-state index contributed by atoms with van der Waals surface area (Å²) in [7, 11) is 0. The molecule has 176 valence electrons. The topological polar surface area (TPSA) is 257 Å². The summed E-state index contributed by atoms with van der Waals surface area (Å²) in [5, 5.41) is 25.2. The molecular weight excluding hydrogens is 416 g/mol. The molecule has 0 saturated heterocycles. The molecule has 0 bridgehead atoms. The summed E-state index contributed by atoms with van der Waals surface area (Å²) in [6, 6.07) is -5.81. The molecule has 11 N–H and O–H groups in total. The van der Waals surface area contributed by atoms with E-state index in [0.29, 0.717) is 0 Å². The van der Waals surface area contributed by atoms with Crippen LogP contribution in [0.1, 0.15) is 33.6 Å². The fourth-order valence-electron chi connectivity index (χ4n) is 2.42. The zero-order valence-electron chi connectivity index (χ0n) is 17.5. The third-order valence-electron chi connectivity index (χ3n) is 4.09. The Morgan fingerprint density at radius 1 is 0.774 bits per heavy atom. The van der Waals surface area contributed by atoms with Crippen molar-refractivity contribution in [1.29, 1.82) is 0 Å². The predicted molar refractivity (Wildman–Crippen MR) is 106 cm³/mol. The van der Waals surface area contributed by atoms with Crippen molar-refractivity contribution < 1.29 is 39.0 Å². The van der Waals surface area contributed by atoms with Crippen LogP contribution in [0.15, 0.2) is 0 Å². The van der Waals surface area contributed by atoms with Crippen molar-refractivity contribution in [2.45, 2.75) is 63.9 Å². The molecule has 14 heteroatoms. The minimum atomic E-state index is -1.63.